The molecular weight excluding hydrogens is 288 g/mol. The molecule has 0 bridgehead atoms. The Morgan fingerprint density at radius 2 is 2.19 bits per heavy atom. The van der Waals surface area contributed by atoms with Gasteiger partial charge >= 0.3 is 5.97 Å². The number of ketones is 1. The Hall–Kier alpha value is -1.88. The summed E-state index contributed by atoms with van der Waals surface area (Å²) in [4.78, 5) is 24.9. The van der Waals surface area contributed by atoms with Crippen molar-refractivity contribution in [2.45, 2.75) is 32.0 Å². The third-order valence-electron chi connectivity index (χ3n) is 4.46. The molecule has 3 unspecified atom stereocenters. The molecule has 0 radical (unpaired) electrons. The van der Waals surface area contributed by atoms with Crippen LogP contribution >= 0.6 is 11.3 Å². The number of allylic oxidation sites excluding steroid dienone is 1. The summed E-state index contributed by atoms with van der Waals surface area (Å²) >= 11 is 1.76. The molecule has 1 aromatic rings. The molecule has 3 aliphatic rings. The fourth-order valence-electron chi connectivity index (χ4n) is 3.37. The van der Waals surface area contributed by atoms with Gasteiger partial charge in [-0.2, -0.15) is 0 Å². The minimum atomic E-state index is -0.702. The molecule has 0 amide bonds. The zero-order valence-electron chi connectivity index (χ0n) is 11.5. The number of Topliss-reactive ketones (excluding diaryl/α,β-unsaturated/α-hetero) is 1. The maximum absolute atomic E-state index is 12.2. The number of ether oxygens (including phenoxy) is 2. The van der Waals surface area contributed by atoms with Gasteiger partial charge in [0.15, 0.2) is 5.78 Å². The molecular formula is C16H14O4S. The Morgan fingerprint density at radius 3 is 2.95 bits per heavy atom. The highest BCUT2D eigenvalue weighted by molar-refractivity contribution is 7.10. The van der Waals surface area contributed by atoms with Gasteiger partial charge in [-0.05, 0) is 36.3 Å². The zero-order valence-corrected chi connectivity index (χ0v) is 12.3. The summed E-state index contributed by atoms with van der Waals surface area (Å²) in [5.74, 6) is 0.308. The zero-order chi connectivity index (χ0) is 14.6. The summed E-state index contributed by atoms with van der Waals surface area (Å²) in [6.07, 6.45) is 3.91. The third-order valence-corrected chi connectivity index (χ3v) is 5.42. The van der Waals surface area contributed by atoms with Crippen molar-refractivity contribution >= 4 is 23.1 Å². The van der Waals surface area contributed by atoms with Crippen LogP contribution in [0.4, 0.5) is 0 Å². The maximum atomic E-state index is 12.2. The quantitative estimate of drug-likeness (QED) is 0.479. The van der Waals surface area contributed by atoms with Crippen LogP contribution in [0.1, 0.15) is 29.7 Å². The number of cyclic esters (lactones) is 1. The first-order chi connectivity index (χ1) is 10.1. The molecule has 21 heavy (non-hydrogen) atoms. The van der Waals surface area contributed by atoms with Crippen LogP contribution in [0.5, 0.6) is 0 Å². The molecule has 4 nitrogen and oxygen atoms in total. The van der Waals surface area contributed by atoms with Gasteiger partial charge in [-0.15, -0.1) is 11.3 Å². The Balaban J connectivity index is 1.54. The van der Waals surface area contributed by atoms with Gasteiger partial charge in [0.1, 0.15) is 0 Å². The average molecular weight is 302 g/mol. The molecule has 108 valence electrons. The van der Waals surface area contributed by atoms with E-state index in [1.54, 1.807) is 24.3 Å². The minimum Gasteiger partial charge on any atom is -0.458 e. The number of thiophene rings is 1. The van der Waals surface area contributed by atoms with Crippen molar-refractivity contribution in [1.82, 2.24) is 0 Å². The van der Waals surface area contributed by atoms with E-state index in [9.17, 15) is 9.59 Å². The summed E-state index contributed by atoms with van der Waals surface area (Å²) < 4.78 is 10.5. The van der Waals surface area contributed by atoms with E-state index in [2.05, 4.69) is 11.4 Å². The lowest BCUT2D eigenvalue weighted by molar-refractivity contribution is -0.152. The highest BCUT2D eigenvalue weighted by Crippen LogP contribution is 2.51. The monoisotopic (exact) mass is 302 g/mol. The van der Waals surface area contributed by atoms with E-state index in [1.165, 1.54) is 16.7 Å². The number of hydrogen-bond donors (Lipinski definition) is 0. The van der Waals surface area contributed by atoms with Crippen molar-refractivity contribution in [3.63, 3.8) is 0 Å². The molecule has 0 saturated heterocycles. The molecule has 1 fully saturated rings. The number of hydrogen-bond acceptors (Lipinski definition) is 5. The van der Waals surface area contributed by atoms with E-state index < -0.39 is 6.29 Å². The lowest BCUT2D eigenvalue weighted by Crippen LogP contribution is -2.11. The summed E-state index contributed by atoms with van der Waals surface area (Å²) in [6, 6.07) is 2.13. The second-order valence-corrected chi connectivity index (χ2v) is 6.68. The van der Waals surface area contributed by atoms with Gasteiger partial charge in [0.2, 0.25) is 0 Å². The molecule has 5 heteroatoms. The van der Waals surface area contributed by atoms with Crippen LogP contribution in [0.3, 0.4) is 0 Å². The van der Waals surface area contributed by atoms with E-state index in [4.69, 9.17) is 9.47 Å². The first-order valence-corrected chi connectivity index (χ1v) is 7.86. The Labute approximate surface area is 126 Å². The molecule has 4 rings (SSSR count). The van der Waals surface area contributed by atoms with Crippen molar-refractivity contribution in [3.05, 3.63) is 45.4 Å². The molecule has 0 spiro atoms. The average Bonchev–Trinajstić information content (AvgIpc) is 3.13. The highest BCUT2D eigenvalue weighted by atomic mass is 32.1. The summed E-state index contributed by atoms with van der Waals surface area (Å²) in [6.45, 7) is 1.69. The van der Waals surface area contributed by atoms with E-state index in [0.29, 0.717) is 17.9 Å². The van der Waals surface area contributed by atoms with Crippen LogP contribution in [0.25, 0.3) is 0 Å². The Kier molecular flexibility index (Phi) is 2.79. The standard InChI is InChI=1S/C16H14O4S/c1-8-4-15(20-16(8)18)19-7-12-11-6-14-9(2-3-21-14)10(11)5-13(12)17/h2-4,7,10-11,15H,5-6H2,1H3/b12-7+. The van der Waals surface area contributed by atoms with Gasteiger partial charge in [-0.3, -0.25) is 4.79 Å². The van der Waals surface area contributed by atoms with Gasteiger partial charge in [0, 0.05) is 34.4 Å². The van der Waals surface area contributed by atoms with Crippen LogP contribution in [0.2, 0.25) is 0 Å². The first-order valence-electron chi connectivity index (χ1n) is 6.98. The fourth-order valence-corrected chi connectivity index (χ4v) is 4.38. The predicted octanol–water partition coefficient (Wildman–Crippen LogP) is 2.71. The smallest absolute Gasteiger partial charge is 0.336 e. The third kappa shape index (κ3) is 1.95. The molecule has 1 aliphatic heterocycles. The van der Waals surface area contributed by atoms with Gasteiger partial charge in [0.05, 0.1) is 6.26 Å². The largest absolute Gasteiger partial charge is 0.458 e. The number of esters is 1. The van der Waals surface area contributed by atoms with E-state index in [-0.39, 0.29) is 17.7 Å². The number of carbonyl (C=O) groups is 2. The lowest BCUT2D eigenvalue weighted by Gasteiger charge is -2.12. The molecule has 2 aliphatic carbocycles. The van der Waals surface area contributed by atoms with Gasteiger partial charge < -0.3 is 9.47 Å². The lowest BCUT2D eigenvalue weighted by atomic mass is 9.95. The molecule has 2 heterocycles. The maximum Gasteiger partial charge on any atom is 0.336 e. The van der Waals surface area contributed by atoms with Crippen molar-refractivity contribution in [1.29, 1.82) is 0 Å². The number of carbonyl (C=O) groups excluding carboxylic acids is 2. The van der Waals surface area contributed by atoms with E-state index in [1.807, 2.05) is 0 Å². The van der Waals surface area contributed by atoms with Crippen LogP contribution in [-0.4, -0.2) is 18.0 Å². The Morgan fingerprint density at radius 1 is 1.33 bits per heavy atom. The van der Waals surface area contributed by atoms with Crippen LogP contribution in [0, 0.1) is 5.92 Å². The predicted molar refractivity (Wildman–Crippen MR) is 76.7 cm³/mol. The van der Waals surface area contributed by atoms with Gasteiger partial charge in [0.25, 0.3) is 6.29 Å². The number of rotatable bonds is 2. The van der Waals surface area contributed by atoms with Crippen LogP contribution in [0.15, 0.2) is 34.9 Å². The molecule has 0 N–H and O–H groups in total. The molecule has 1 aromatic heterocycles. The van der Waals surface area contributed by atoms with Gasteiger partial charge in [-0.1, -0.05) is 0 Å². The topological polar surface area (TPSA) is 52.6 Å². The Bertz CT molecular complexity index is 697. The second-order valence-electron chi connectivity index (χ2n) is 5.68. The van der Waals surface area contributed by atoms with Gasteiger partial charge in [-0.25, -0.2) is 4.79 Å². The summed E-state index contributed by atoms with van der Waals surface area (Å²) in [7, 11) is 0. The number of fused-ring (bicyclic) bond motifs is 3. The van der Waals surface area contributed by atoms with E-state index >= 15 is 0 Å². The molecule has 0 aromatic carbocycles. The molecule has 1 saturated carbocycles. The second kappa shape index (κ2) is 4.56. The SMILES string of the molecule is CC1=CC(O/C=C2/C(=O)CC3c4ccsc4CC23)OC1=O. The fraction of sp³-hybridized carbons (Fsp3) is 0.375. The van der Waals surface area contributed by atoms with E-state index in [0.717, 1.165) is 12.0 Å². The highest BCUT2D eigenvalue weighted by Gasteiger charge is 2.44. The normalized spacial score (nSPS) is 32.1. The van der Waals surface area contributed by atoms with Crippen molar-refractivity contribution in [2.75, 3.05) is 0 Å². The minimum absolute atomic E-state index is 0.145. The van der Waals surface area contributed by atoms with Crippen molar-refractivity contribution < 1.29 is 19.1 Å². The first kappa shape index (κ1) is 12.8. The molecule has 3 atom stereocenters. The van der Waals surface area contributed by atoms with Crippen molar-refractivity contribution in [2.24, 2.45) is 5.92 Å². The summed E-state index contributed by atoms with van der Waals surface area (Å²) in [5.41, 5.74) is 2.60. The van der Waals surface area contributed by atoms with Crippen molar-refractivity contribution in [3.8, 4) is 0 Å². The summed E-state index contributed by atoms with van der Waals surface area (Å²) in [5, 5.41) is 2.09. The van der Waals surface area contributed by atoms with Crippen LogP contribution in [-0.2, 0) is 25.5 Å². The van der Waals surface area contributed by atoms with Crippen LogP contribution < -0.4 is 0 Å².